The smallest absolute Gasteiger partial charge is 0.334 e. The van der Waals surface area contributed by atoms with Crippen LogP contribution in [0.15, 0.2) is 16.6 Å². The largest absolute Gasteiger partial charge is 0.481 e. The summed E-state index contributed by atoms with van der Waals surface area (Å²) in [5, 5.41) is 9.07. The van der Waals surface area contributed by atoms with Gasteiger partial charge in [0.2, 0.25) is 0 Å². The number of nitrogens with zero attached hydrogens (tertiary/aromatic N) is 1. The van der Waals surface area contributed by atoms with Crippen LogP contribution in [0.25, 0.3) is 0 Å². The van der Waals surface area contributed by atoms with Crippen LogP contribution in [0.3, 0.4) is 0 Å². The molecule has 1 N–H and O–H groups in total. The molecule has 0 saturated carbocycles. The zero-order chi connectivity index (χ0) is 11.6. The van der Waals surface area contributed by atoms with Crippen molar-refractivity contribution in [1.82, 2.24) is 0 Å². The minimum absolute atomic E-state index is 0.588. The number of carboxylic acids is 1. The number of allylic oxidation sites excluding steroid dienone is 1. The van der Waals surface area contributed by atoms with Gasteiger partial charge in [-0.25, -0.2) is 4.79 Å². The van der Waals surface area contributed by atoms with Crippen molar-refractivity contribution in [2.24, 2.45) is 10.9 Å². The van der Waals surface area contributed by atoms with E-state index in [0.717, 1.165) is 0 Å². The third-order valence-electron chi connectivity index (χ3n) is 2.54. The molecule has 0 aromatic rings. The predicted octanol–water partition coefficient (Wildman–Crippen LogP) is 0.650. The third-order valence-corrected chi connectivity index (χ3v) is 2.54. The Balaban J connectivity index is 3.18. The molecule has 15 heavy (non-hydrogen) atoms. The van der Waals surface area contributed by atoms with E-state index in [1.54, 1.807) is 13.0 Å². The molecule has 1 aliphatic heterocycles. The lowest BCUT2D eigenvalue weighted by molar-refractivity contribution is -0.155. The topological polar surface area (TPSA) is 76.0 Å². The quantitative estimate of drug-likeness (QED) is 0.680. The van der Waals surface area contributed by atoms with E-state index in [-0.39, 0.29) is 0 Å². The Kier molecular flexibility index (Phi) is 2.93. The maximum atomic E-state index is 11.5. The van der Waals surface area contributed by atoms with Crippen molar-refractivity contribution in [3.8, 4) is 0 Å². The van der Waals surface area contributed by atoms with E-state index >= 15 is 0 Å². The molecule has 0 fully saturated rings. The van der Waals surface area contributed by atoms with Gasteiger partial charge in [-0.05, 0) is 19.9 Å². The van der Waals surface area contributed by atoms with Crippen molar-refractivity contribution in [2.75, 3.05) is 7.11 Å². The Labute approximate surface area is 87.5 Å². The van der Waals surface area contributed by atoms with Gasteiger partial charge in [0.15, 0.2) is 5.54 Å². The Morgan fingerprint density at radius 2 is 2.20 bits per heavy atom. The zero-order valence-corrected chi connectivity index (χ0v) is 8.85. The maximum absolute atomic E-state index is 11.5. The lowest BCUT2D eigenvalue weighted by atomic mass is 9.79. The van der Waals surface area contributed by atoms with Crippen LogP contribution < -0.4 is 0 Å². The van der Waals surface area contributed by atoms with Crippen molar-refractivity contribution in [3.05, 3.63) is 11.6 Å². The number of methoxy groups -OCH3 is 1. The van der Waals surface area contributed by atoms with E-state index < -0.39 is 23.4 Å². The summed E-state index contributed by atoms with van der Waals surface area (Å²) < 4.78 is 4.58. The van der Waals surface area contributed by atoms with Crippen LogP contribution in [0.2, 0.25) is 0 Å². The highest BCUT2D eigenvalue weighted by molar-refractivity contribution is 5.94. The van der Waals surface area contributed by atoms with E-state index in [9.17, 15) is 9.59 Å². The van der Waals surface area contributed by atoms with Gasteiger partial charge in [0.1, 0.15) is 5.92 Å². The number of rotatable bonds is 2. The average molecular weight is 211 g/mol. The molecule has 1 rings (SSSR count). The highest BCUT2D eigenvalue weighted by Gasteiger charge is 2.48. The fourth-order valence-electron chi connectivity index (χ4n) is 1.74. The first-order chi connectivity index (χ1) is 6.93. The molecule has 82 valence electrons. The molecule has 0 radical (unpaired) electrons. The molecule has 5 nitrogen and oxygen atoms in total. The number of carbonyl (C=O) groups is 2. The van der Waals surface area contributed by atoms with Gasteiger partial charge in [0.05, 0.1) is 7.11 Å². The highest BCUT2D eigenvalue weighted by Crippen LogP contribution is 2.32. The molecular formula is C10H13NO4. The van der Waals surface area contributed by atoms with E-state index in [2.05, 4.69) is 9.73 Å². The van der Waals surface area contributed by atoms with Crippen LogP contribution in [-0.2, 0) is 14.3 Å². The second-order valence-electron chi connectivity index (χ2n) is 3.60. The summed E-state index contributed by atoms with van der Waals surface area (Å²) in [6.45, 7) is 3.12. The first-order valence-corrected chi connectivity index (χ1v) is 4.46. The minimum atomic E-state index is -1.36. The summed E-state index contributed by atoms with van der Waals surface area (Å²) in [4.78, 5) is 26.5. The van der Waals surface area contributed by atoms with E-state index in [1.807, 2.05) is 0 Å². The number of aliphatic imine (C=N–C) groups is 1. The molecule has 0 amide bonds. The summed E-state index contributed by atoms with van der Waals surface area (Å²) in [5.41, 5.74) is -0.773. The maximum Gasteiger partial charge on any atom is 0.334 e. The average Bonchev–Trinajstić information content (AvgIpc) is 2.15. The number of esters is 1. The Morgan fingerprint density at radius 1 is 1.60 bits per heavy atom. The molecule has 5 heteroatoms. The van der Waals surface area contributed by atoms with Crippen LogP contribution in [0.4, 0.5) is 0 Å². The molecule has 0 aliphatic carbocycles. The summed E-state index contributed by atoms with van der Waals surface area (Å²) in [6, 6.07) is 0. The van der Waals surface area contributed by atoms with Crippen LogP contribution in [0.1, 0.15) is 13.8 Å². The summed E-state index contributed by atoms with van der Waals surface area (Å²) in [6.07, 6.45) is 3.02. The van der Waals surface area contributed by atoms with Gasteiger partial charge in [0, 0.05) is 6.21 Å². The minimum Gasteiger partial charge on any atom is -0.481 e. The molecule has 2 unspecified atom stereocenters. The zero-order valence-electron chi connectivity index (χ0n) is 8.85. The lowest BCUT2D eigenvalue weighted by Gasteiger charge is -2.31. The molecular weight excluding hydrogens is 198 g/mol. The molecule has 0 aromatic carbocycles. The van der Waals surface area contributed by atoms with Gasteiger partial charge in [-0.15, -0.1) is 0 Å². The lowest BCUT2D eigenvalue weighted by Crippen LogP contribution is -2.47. The van der Waals surface area contributed by atoms with Crippen molar-refractivity contribution >= 4 is 18.2 Å². The number of ether oxygens (including phenoxy) is 1. The van der Waals surface area contributed by atoms with Crippen molar-refractivity contribution in [1.29, 1.82) is 0 Å². The monoisotopic (exact) mass is 211 g/mol. The van der Waals surface area contributed by atoms with Crippen LogP contribution in [0, 0.1) is 5.92 Å². The molecule has 0 aromatic heterocycles. The fourth-order valence-corrected chi connectivity index (χ4v) is 1.74. The molecule has 1 aliphatic rings. The van der Waals surface area contributed by atoms with Gasteiger partial charge in [-0.1, -0.05) is 5.57 Å². The van der Waals surface area contributed by atoms with Gasteiger partial charge in [0.25, 0.3) is 0 Å². The Morgan fingerprint density at radius 3 is 2.67 bits per heavy atom. The summed E-state index contributed by atoms with van der Waals surface area (Å²) >= 11 is 0. The van der Waals surface area contributed by atoms with Crippen molar-refractivity contribution < 1.29 is 19.4 Å². The number of carboxylic acid groups (broad SMARTS) is 1. The van der Waals surface area contributed by atoms with Crippen LogP contribution in [0.5, 0.6) is 0 Å². The predicted molar refractivity (Wildman–Crippen MR) is 53.8 cm³/mol. The molecule has 0 spiro atoms. The Bertz CT molecular complexity index is 358. The first kappa shape index (κ1) is 11.4. The molecule has 0 bridgehead atoms. The van der Waals surface area contributed by atoms with Crippen LogP contribution in [-0.4, -0.2) is 35.9 Å². The number of hydrogen-bond acceptors (Lipinski definition) is 4. The number of hydrogen-bond donors (Lipinski definition) is 1. The SMILES string of the molecule is COC(=O)C1(C)N=CC=C(C)C1C(=O)O. The van der Waals surface area contributed by atoms with Gasteiger partial charge in [-0.2, -0.15) is 0 Å². The van der Waals surface area contributed by atoms with Crippen molar-refractivity contribution in [3.63, 3.8) is 0 Å². The first-order valence-electron chi connectivity index (χ1n) is 4.46. The molecule has 1 heterocycles. The summed E-state index contributed by atoms with van der Waals surface area (Å²) in [7, 11) is 1.22. The van der Waals surface area contributed by atoms with Crippen LogP contribution >= 0.6 is 0 Å². The van der Waals surface area contributed by atoms with Gasteiger partial charge < -0.3 is 9.84 Å². The molecule has 0 saturated heterocycles. The van der Waals surface area contributed by atoms with E-state index in [1.165, 1.54) is 20.2 Å². The van der Waals surface area contributed by atoms with E-state index in [0.29, 0.717) is 5.57 Å². The number of dihydropyridines is 1. The normalized spacial score (nSPS) is 29.5. The number of carbonyl (C=O) groups excluding carboxylic acids is 1. The second kappa shape index (κ2) is 3.84. The summed E-state index contributed by atoms with van der Waals surface area (Å²) in [5.74, 6) is -2.68. The second-order valence-corrected chi connectivity index (χ2v) is 3.60. The third kappa shape index (κ3) is 1.77. The Hall–Kier alpha value is -1.65. The standard InChI is InChI=1S/C10H13NO4/c1-6-4-5-11-10(2,9(14)15-3)7(6)8(12)13/h4-5,7H,1-3H3,(H,12,13). The van der Waals surface area contributed by atoms with Crippen molar-refractivity contribution in [2.45, 2.75) is 19.4 Å². The fraction of sp³-hybridized carbons (Fsp3) is 0.500. The van der Waals surface area contributed by atoms with E-state index in [4.69, 9.17) is 5.11 Å². The molecule has 2 atom stereocenters. The highest BCUT2D eigenvalue weighted by atomic mass is 16.5. The number of aliphatic carboxylic acids is 1. The van der Waals surface area contributed by atoms with Gasteiger partial charge >= 0.3 is 11.9 Å². The van der Waals surface area contributed by atoms with Gasteiger partial charge in [-0.3, -0.25) is 9.79 Å².